The average Bonchev–Trinajstić information content (AvgIpc) is 2.88. The van der Waals surface area contributed by atoms with Crippen molar-refractivity contribution >= 4 is 40.3 Å². The van der Waals surface area contributed by atoms with Crippen LogP contribution < -0.4 is 16.7 Å². The summed E-state index contributed by atoms with van der Waals surface area (Å²) < 4.78 is 1.51. The van der Waals surface area contributed by atoms with Gasteiger partial charge in [0, 0.05) is 22.2 Å². The third-order valence-electron chi connectivity index (χ3n) is 3.85. The molecule has 1 aromatic carbocycles. The zero-order valence-corrected chi connectivity index (χ0v) is 15.2. The Morgan fingerprint density at radius 2 is 2.00 bits per heavy atom. The molecular formula is C16H18Cl2N6O. The lowest BCUT2D eigenvalue weighted by molar-refractivity contribution is 0.777. The normalized spacial score (nSPS) is 11.2. The largest absolute Gasteiger partial charge is 0.354 e. The van der Waals surface area contributed by atoms with Gasteiger partial charge in [0.05, 0.1) is 12.2 Å². The number of fused-ring (bicyclic) bond motifs is 1. The van der Waals surface area contributed by atoms with Crippen LogP contribution in [0.1, 0.15) is 17.7 Å². The highest BCUT2D eigenvalue weighted by molar-refractivity contribution is 6.36. The minimum Gasteiger partial charge on any atom is -0.354 e. The van der Waals surface area contributed by atoms with Crippen molar-refractivity contribution in [3.05, 3.63) is 50.0 Å². The molecule has 9 heteroatoms. The van der Waals surface area contributed by atoms with E-state index in [1.165, 1.54) is 4.57 Å². The Balaban J connectivity index is 2.05. The Kier molecular flexibility index (Phi) is 5.27. The minimum atomic E-state index is -0.289. The maximum Gasteiger partial charge on any atom is 0.328 e. The van der Waals surface area contributed by atoms with Crippen LogP contribution in [-0.4, -0.2) is 32.6 Å². The van der Waals surface area contributed by atoms with Crippen molar-refractivity contribution in [3.63, 3.8) is 0 Å². The van der Waals surface area contributed by atoms with Crippen molar-refractivity contribution in [1.82, 2.24) is 19.5 Å². The minimum absolute atomic E-state index is 0.218. The highest BCUT2D eigenvalue weighted by atomic mass is 35.5. The Morgan fingerprint density at radius 1 is 1.28 bits per heavy atom. The SMILES string of the molecule is Cc1nc(NCCCN)nc2c1[nH]c(=O)n2Cc1c(Cl)cccc1Cl. The molecule has 3 aromatic rings. The van der Waals surface area contributed by atoms with Gasteiger partial charge < -0.3 is 16.0 Å². The average molecular weight is 381 g/mol. The molecule has 0 aliphatic rings. The lowest BCUT2D eigenvalue weighted by Crippen LogP contribution is -2.18. The molecule has 0 spiro atoms. The second-order valence-corrected chi connectivity index (χ2v) is 6.43. The summed E-state index contributed by atoms with van der Waals surface area (Å²) >= 11 is 12.5. The summed E-state index contributed by atoms with van der Waals surface area (Å²) in [5.74, 6) is 0.455. The predicted molar refractivity (Wildman–Crippen MR) is 101 cm³/mol. The van der Waals surface area contributed by atoms with Gasteiger partial charge in [-0.25, -0.2) is 9.78 Å². The van der Waals surface area contributed by atoms with Crippen LogP contribution in [0.5, 0.6) is 0 Å². The summed E-state index contributed by atoms with van der Waals surface area (Å²) in [6, 6.07) is 5.24. The summed E-state index contributed by atoms with van der Waals surface area (Å²) in [7, 11) is 0. The molecular weight excluding hydrogens is 363 g/mol. The van der Waals surface area contributed by atoms with Crippen LogP contribution in [0.2, 0.25) is 10.0 Å². The number of hydrogen-bond donors (Lipinski definition) is 3. The Bertz CT molecular complexity index is 945. The first kappa shape index (κ1) is 17.7. The first-order valence-corrected chi connectivity index (χ1v) is 8.61. The smallest absolute Gasteiger partial charge is 0.328 e. The molecule has 2 heterocycles. The van der Waals surface area contributed by atoms with E-state index in [1.54, 1.807) is 18.2 Å². The molecule has 0 saturated carbocycles. The Labute approximate surface area is 154 Å². The van der Waals surface area contributed by atoms with Crippen LogP contribution in [-0.2, 0) is 6.54 Å². The summed E-state index contributed by atoms with van der Waals surface area (Å²) in [4.78, 5) is 24.0. The van der Waals surface area contributed by atoms with Crippen molar-refractivity contribution in [1.29, 1.82) is 0 Å². The molecule has 0 aliphatic heterocycles. The predicted octanol–water partition coefficient (Wildman–Crippen LogP) is 2.54. The molecule has 2 aromatic heterocycles. The number of aromatic nitrogens is 4. The number of nitrogens with two attached hydrogens (primary N) is 1. The molecule has 4 N–H and O–H groups in total. The number of hydrogen-bond acceptors (Lipinski definition) is 5. The maximum atomic E-state index is 12.4. The van der Waals surface area contributed by atoms with E-state index in [-0.39, 0.29) is 12.2 Å². The third-order valence-corrected chi connectivity index (χ3v) is 4.55. The van der Waals surface area contributed by atoms with E-state index in [0.717, 1.165) is 6.42 Å². The standard InChI is InChI=1S/C16H18Cl2N6O/c1-9-13-14(23-15(21-9)20-7-3-6-19)24(16(25)22-13)8-10-11(17)4-2-5-12(10)18/h2,4-5H,3,6-8,19H2,1H3,(H,22,25)(H,20,21,23). The Morgan fingerprint density at radius 3 is 2.68 bits per heavy atom. The molecule has 0 bridgehead atoms. The zero-order chi connectivity index (χ0) is 18.0. The molecule has 25 heavy (non-hydrogen) atoms. The first-order valence-electron chi connectivity index (χ1n) is 7.85. The molecule has 0 amide bonds. The number of halogens is 2. The number of aromatic amines is 1. The molecule has 7 nitrogen and oxygen atoms in total. The summed E-state index contributed by atoms with van der Waals surface area (Å²) in [5.41, 5.74) is 7.66. The van der Waals surface area contributed by atoms with E-state index in [2.05, 4.69) is 20.3 Å². The van der Waals surface area contributed by atoms with Crippen LogP contribution >= 0.6 is 23.2 Å². The number of nitrogens with zero attached hydrogens (tertiary/aromatic N) is 3. The van der Waals surface area contributed by atoms with E-state index in [0.29, 0.717) is 51.5 Å². The third kappa shape index (κ3) is 3.63. The highest BCUT2D eigenvalue weighted by Crippen LogP contribution is 2.26. The van der Waals surface area contributed by atoms with E-state index in [9.17, 15) is 4.79 Å². The quantitative estimate of drug-likeness (QED) is 0.570. The topological polar surface area (TPSA) is 102 Å². The first-order chi connectivity index (χ1) is 12.0. The van der Waals surface area contributed by atoms with Crippen LogP contribution in [0.25, 0.3) is 11.2 Å². The number of imidazole rings is 1. The van der Waals surface area contributed by atoms with Gasteiger partial charge in [0.25, 0.3) is 0 Å². The van der Waals surface area contributed by atoms with Gasteiger partial charge in [0.2, 0.25) is 5.95 Å². The summed E-state index contributed by atoms with van der Waals surface area (Å²) in [6.07, 6.45) is 0.801. The van der Waals surface area contributed by atoms with E-state index in [4.69, 9.17) is 28.9 Å². The van der Waals surface area contributed by atoms with Crippen LogP contribution in [0.4, 0.5) is 5.95 Å². The molecule has 3 rings (SSSR count). The van der Waals surface area contributed by atoms with Gasteiger partial charge in [-0.05, 0) is 32.0 Å². The second kappa shape index (κ2) is 7.43. The molecule has 0 fully saturated rings. The molecule has 0 saturated heterocycles. The van der Waals surface area contributed by atoms with E-state index in [1.807, 2.05) is 6.92 Å². The maximum absolute atomic E-state index is 12.4. The van der Waals surface area contributed by atoms with Crippen LogP contribution in [0, 0.1) is 6.92 Å². The fourth-order valence-corrected chi connectivity index (χ4v) is 3.06. The van der Waals surface area contributed by atoms with Crippen LogP contribution in [0.3, 0.4) is 0 Å². The van der Waals surface area contributed by atoms with Gasteiger partial charge in [-0.1, -0.05) is 29.3 Å². The lowest BCUT2D eigenvalue weighted by Gasteiger charge is -2.09. The fraction of sp³-hybridized carbons (Fsp3) is 0.312. The van der Waals surface area contributed by atoms with Gasteiger partial charge >= 0.3 is 5.69 Å². The number of nitrogens with one attached hydrogen (secondary N) is 2. The van der Waals surface area contributed by atoms with Crippen molar-refractivity contribution in [2.75, 3.05) is 18.4 Å². The molecule has 0 unspecified atom stereocenters. The summed E-state index contributed by atoms with van der Waals surface area (Å²) in [5, 5.41) is 4.12. The van der Waals surface area contributed by atoms with Crippen LogP contribution in [0.15, 0.2) is 23.0 Å². The van der Waals surface area contributed by atoms with Crippen molar-refractivity contribution in [3.8, 4) is 0 Å². The van der Waals surface area contributed by atoms with E-state index < -0.39 is 0 Å². The number of benzene rings is 1. The highest BCUT2D eigenvalue weighted by Gasteiger charge is 2.15. The number of H-pyrrole nitrogens is 1. The number of anilines is 1. The monoisotopic (exact) mass is 380 g/mol. The Hall–Kier alpha value is -2.09. The molecule has 0 radical (unpaired) electrons. The van der Waals surface area contributed by atoms with Crippen molar-refractivity contribution < 1.29 is 0 Å². The van der Waals surface area contributed by atoms with Gasteiger partial charge in [0.1, 0.15) is 5.52 Å². The fourth-order valence-electron chi connectivity index (χ4n) is 2.54. The van der Waals surface area contributed by atoms with Gasteiger partial charge in [-0.15, -0.1) is 0 Å². The molecule has 132 valence electrons. The van der Waals surface area contributed by atoms with Crippen molar-refractivity contribution in [2.24, 2.45) is 5.73 Å². The second-order valence-electron chi connectivity index (χ2n) is 5.62. The van der Waals surface area contributed by atoms with Gasteiger partial charge in [-0.2, -0.15) is 4.98 Å². The summed E-state index contributed by atoms with van der Waals surface area (Å²) in [6.45, 7) is 3.28. The lowest BCUT2D eigenvalue weighted by atomic mass is 10.2. The molecule has 0 aliphatic carbocycles. The van der Waals surface area contributed by atoms with Gasteiger partial charge in [-0.3, -0.25) is 4.57 Å². The zero-order valence-electron chi connectivity index (χ0n) is 13.6. The van der Waals surface area contributed by atoms with Crippen molar-refractivity contribution in [2.45, 2.75) is 19.9 Å². The van der Waals surface area contributed by atoms with Gasteiger partial charge in [0.15, 0.2) is 5.65 Å². The number of aryl methyl sites for hydroxylation is 1. The van der Waals surface area contributed by atoms with E-state index >= 15 is 0 Å². The number of rotatable bonds is 6. The molecule has 0 atom stereocenters.